The van der Waals surface area contributed by atoms with Crippen molar-refractivity contribution < 1.29 is 18.0 Å². The Morgan fingerprint density at radius 1 is 1.18 bits per heavy atom. The van der Waals surface area contributed by atoms with Crippen LogP contribution in [0, 0.1) is 0 Å². The molecule has 0 saturated heterocycles. The molecule has 0 radical (unpaired) electrons. The van der Waals surface area contributed by atoms with Gasteiger partial charge in [-0.05, 0) is 30.3 Å². The number of carbonyl (C=O) groups is 1. The molecular formula is C18H13N4O4S2-. The lowest BCUT2D eigenvalue weighted by Crippen LogP contribution is -2.20. The van der Waals surface area contributed by atoms with Crippen molar-refractivity contribution in [2.75, 3.05) is 7.05 Å². The molecule has 10 heteroatoms. The van der Waals surface area contributed by atoms with Gasteiger partial charge in [-0.3, -0.25) is 9.00 Å². The van der Waals surface area contributed by atoms with Gasteiger partial charge in [0.15, 0.2) is 5.01 Å². The molecule has 1 unspecified atom stereocenters. The summed E-state index contributed by atoms with van der Waals surface area (Å²) >= 11 is -1.18. The van der Waals surface area contributed by atoms with Crippen LogP contribution in [-0.2, 0) is 17.8 Å². The summed E-state index contributed by atoms with van der Waals surface area (Å²) in [6, 6.07) is 15.7. The first-order valence-corrected chi connectivity index (χ1v) is 9.99. The van der Waals surface area contributed by atoms with Crippen LogP contribution in [0.4, 0.5) is 0 Å². The first-order valence-electron chi connectivity index (χ1n) is 8.15. The van der Waals surface area contributed by atoms with Gasteiger partial charge < -0.3 is 8.97 Å². The van der Waals surface area contributed by atoms with Crippen LogP contribution in [0.1, 0.15) is 21.6 Å². The van der Waals surface area contributed by atoms with Crippen LogP contribution in [0.5, 0.6) is 0 Å². The van der Waals surface area contributed by atoms with Gasteiger partial charge in [0.25, 0.3) is 11.7 Å². The highest BCUT2D eigenvalue weighted by molar-refractivity contribution is 7.76. The molecule has 0 aliphatic rings. The molecular weight excluding hydrogens is 400 g/mol. The van der Waals surface area contributed by atoms with Gasteiger partial charge in [-0.15, -0.1) is 21.5 Å². The maximum Gasteiger partial charge on any atom is 0.291 e. The number of fused-ring (bicyclic) bond motifs is 1. The number of rotatable bonds is 6. The number of nitrogens with zero attached hydrogens (tertiary/aromatic N) is 4. The van der Waals surface area contributed by atoms with Crippen LogP contribution in [0.2, 0.25) is 0 Å². The normalized spacial score (nSPS) is 12.5. The van der Waals surface area contributed by atoms with E-state index in [1.54, 1.807) is 0 Å². The van der Waals surface area contributed by atoms with Crippen molar-refractivity contribution >= 4 is 38.6 Å². The number of carbonyl (C=O) groups excluding carboxylic acids is 1. The second kappa shape index (κ2) is 7.68. The predicted octanol–water partition coefficient (Wildman–Crippen LogP) is 2.80. The molecule has 0 aliphatic heterocycles. The van der Waals surface area contributed by atoms with E-state index in [0.29, 0.717) is 5.52 Å². The molecule has 4 aromatic rings. The summed E-state index contributed by atoms with van der Waals surface area (Å²) in [6.45, 7) is -0.114. The predicted molar refractivity (Wildman–Crippen MR) is 103 cm³/mol. The molecule has 0 spiro atoms. The molecule has 2 aromatic heterocycles. The number of benzene rings is 2. The third kappa shape index (κ3) is 3.76. The highest BCUT2D eigenvalue weighted by atomic mass is 32.2. The Kier molecular flexibility index (Phi) is 5.09. The highest BCUT2D eigenvalue weighted by Crippen LogP contribution is 2.29. The van der Waals surface area contributed by atoms with Crippen molar-refractivity contribution in [1.29, 1.82) is 0 Å². The fourth-order valence-electron chi connectivity index (χ4n) is 2.58. The van der Waals surface area contributed by atoms with Gasteiger partial charge >= 0.3 is 0 Å². The topological polar surface area (TPSA) is 112 Å². The lowest BCUT2D eigenvalue weighted by atomic mass is 10.1. The van der Waals surface area contributed by atoms with Gasteiger partial charge in [-0.1, -0.05) is 36.4 Å². The minimum Gasteiger partial charge on any atom is -0.760 e. The van der Waals surface area contributed by atoms with E-state index in [9.17, 15) is 13.6 Å². The number of aromatic nitrogens is 3. The second-order valence-corrected chi connectivity index (χ2v) is 7.99. The first kappa shape index (κ1) is 18.6. The van der Waals surface area contributed by atoms with E-state index < -0.39 is 17.0 Å². The van der Waals surface area contributed by atoms with Gasteiger partial charge in [0.05, 0.1) is 16.8 Å². The van der Waals surface area contributed by atoms with Crippen LogP contribution in [-0.4, -0.2) is 41.1 Å². The quantitative estimate of drug-likeness (QED) is 0.353. The monoisotopic (exact) mass is 413 g/mol. The number of hydrogen-bond donors (Lipinski definition) is 0. The van der Waals surface area contributed by atoms with E-state index in [-0.39, 0.29) is 23.3 Å². The van der Waals surface area contributed by atoms with Crippen LogP contribution in [0.3, 0.4) is 0 Å². The minimum atomic E-state index is -2.42. The Hall–Kier alpha value is -2.79. The molecule has 8 nitrogen and oxygen atoms in total. The summed E-state index contributed by atoms with van der Waals surface area (Å²) < 4.78 is 28.8. The molecule has 142 valence electrons. The molecule has 0 fully saturated rings. The maximum atomic E-state index is 12.6. The lowest BCUT2D eigenvalue weighted by molar-refractivity contribution is 0.1000. The molecule has 0 amide bonds. The summed E-state index contributed by atoms with van der Waals surface area (Å²) in [4.78, 5) is 17.0. The van der Waals surface area contributed by atoms with E-state index in [1.165, 1.54) is 18.4 Å². The fraction of sp³-hybridized carbons (Fsp3) is 0.111. The number of thiazole rings is 1. The van der Waals surface area contributed by atoms with Crippen molar-refractivity contribution in [1.82, 2.24) is 19.5 Å². The Balaban J connectivity index is 1.60. The fourth-order valence-corrected chi connectivity index (χ4v) is 3.73. The van der Waals surface area contributed by atoms with Gasteiger partial charge in [0.2, 0.25) is 5.89 Å². The van der Waals surface area contributed by atoms with E-state index in [0.717, 1.165) is 20.1 Å². The van der Waals surface area contributed by atoms with E-state index in [2.05, 4.69) is 15.2 Å². The minimum absolute atomic E-state index is 0.0301. The first-order chi connectivity index (χ1) is 13.5. The lowest BCUT2D eigenvalue weighted by Gasteiger charge is -2.15. The van der Waals surface area contributed by atoms with Crippen molar-refractivity contribution in [2.24, 2.45) is 0 Å². The molecule has 2 aromatic carbocycles. The molecule has 4 rings (SSSR count). The number of hydrogen-bond acceptors (Lipinski definition) is 8. The Bertz CT molecular complexity index is 1170. The van der Waals surface area contributed by atoms with Gasteiger partial charge in [-0.25, -0.2) is 9.29 Å². The van der Waals surface area contributed by atoms with E-state index >= 15 is 0 Å². The summed E-state index contributed by atoms with van der Waals surface area (Å²) in [7, 11) is 1.35. The maximum absolute atomic E-state index is 12.6. The number of ketones is 1. The van der Waals surface area contributed by atoms with Crippen LogP contribution in [0.15, 0.2) is 52.9 Å². The third-order valence-electron chi connectivity index (χ3n) is 3.96. The zero-order valence-corrected chi connectivity index (χ0v) is 16.2. The van der Waals surface area contributed by atoms with Crippen LogP contribution >= 0.6 is 11.3 Å². The molecule has 0 saturated carbocycles. The second-order valence-electron chi connectivity index (χ2n) is 5.90. The Labute approximate surface area is 166 Å². The Morgan fingerprint density at radius 2 is 1.96 bits per heavy atom. The summed E-state index contributed by atoms with van der Waals surface area (Å²) in [5, 5.41) is 7.66. The van der Waals surface area contributed by atoms with Crippen LogP contribution in [0.25, 0.3) is 21.3 Å². The summed E-state index contributed by atoms with van der Waals surface area (Å²) in [5.74, 6) is -0.683. The standard InChI is InChI=1S/C18H14N4O4S2/c1-22(28(24)25)10-15-20-21-17(26-15)16(23)18-19-13-8-7-12(9-14(13)27-18)11-5-3-2-4-6-11/h2-9H,10H2,1H3,(H,24,25)/p-1. The average Bonchev–Trinajstić information content (AvgIpc) is 3.34. The molecule has 0 aliphatic carbocycles. The zero-order chi connectivity index (χ0) is 19.7. The van der Waals surface area contributed by atoms with Crippen molar-refractivity contribution in [2.45, 2.75) is 6.54 Å². The van der Waals surface area contributed by atoms with Crippen molar-refractivity contribution in [3.63, 3.8) is 0 Å². The van der Waals surface area contributed by atoms with E-state index in [1.807, 2.05) is 48.5 Å². The molecule has 2 heterocycles. The van der Waals surface area contributed by atoms with Gasteiger partial charge in [-0.2, -0.15) is 0 Å². The van der Waals surface area contributed by atoms with Crippen LogP contribution < -0.4 is 0 Å². The van der Waals surface area contributed by atoms with Gasteiger partial charge in [0.1, 0.15) is 0 Å². The SMILES string of the molecule is CN(Cc1nnc(C(=O)c2nc3ccc(-c4ccccc4)cc3s2)o1)S(=O)[O-]. The zero-order valence-electron chi connectivity index (χ0n) is 14.6. The largest absolute Gasteiger partial charge is 0.760 e. The van der Waals surface area contributed by atoms with Gasteiger partial charge in [0, 0.05) is 11.3 Å². The molecule has 0 N–H and O–H groups in total. The van der Waals surface area contributed by atoms with E-state index in [4.69, 9.17) is 4.42 Å². The molecule has 1 atom stereocenters. The smallest absolute Gasteiger partial charge is 0.291 e. The molecule has 28 heavy (non-hydrogen) atoms. The summed E-state index contributed by atoms with van der Waals surface area (Å²) in [6.07, 6.45) is 0. The van der Waals surface area contributed by atoms with Crippen molar-refractivity contribution in [3.05, 3.63) is 65.3 Å². The highest BCUT2D eigenvalue weighted by Gasteiger charge is 2.21. The third-order valence-corrected chi connectivity index (χ3v) is 5.62. The average molecular weight is 413 g/mol. The summed E-state index contributed by atoms with van der Waals surface area (Å²) in [5.41, 5.74) is 2.81. The molecule has 0 bridgehead atoms. The van der Waals surface area contributed by atoms with Crippen molar-refractivity contribution in [3.8, 4) is 11.1 Å². The Morgan fingerprint density at radius 3 is 2.71 bits per heavy atom.